The van der Waals surface area contributed by atoms with Gasteiger partial charge in [-0.2, -0.15) is 13.2 Å². The van der Waals surface area contributed by atoms with Gasteiger partial charge in [-0.25, -0.2) is 8.78 Å². The van der Waals surface area contributed by atoms with Crippen molar-refractivity contribution in [3.63, 3.8) is 0 Å². The predicted molar refractivity (Wildman–Crippen MR) is 24.8 cm³/mol. The van der Waals surface area contributed by atoms with E-state index < -0.39 is 17.4 Å². The van der Waals surface area contributed by atoms with Gasteiger partial charge in [-0.05, 0) is 15.9 Å². The van der Waals surface area contributed by atoms with Gasteiger partial charge in [0.15, 0.2) is 5.08 Å². The van der Waals surface area contributed by atoms with Crippen molar-refractivity contribution in [3.05, 3.63) is 0 Å². The minimum absolute atomic E-state index is 1.81. The summed E-state index contributed by atoms with van der Waals surface area (Å²) in [5, 5.41) is -2.67. The molecule has 0 aromatic rings. The third kappa shape index (κ3) is 2.98. The van der Waals surface area contributed by atoms with Crippen LogP contribution in [0.4, 0.5) is 22.0 Å². The topological polar surface area (TPSA) is 0 Å². The van der Waals surface area contributed by atoms with Crippen LogP contribution < -0.4 is 0 Å². The zero-order chi connectivity index (χ0) is 7.65. The summed E-state index contributed by atoms with van der Waals surface area (Å²) in [4.78, 5) is 0. The van der Waals surface area contributed by atoms with Crippen molar-refractivity contribution >= 4 is 15.9 Å². The highest BCUT2D eigenvalue weighted by atomic mass is 79.9. The van der Waals surface area contributed by atoms with Crippen LogP contribution >= 0.6 is 15.9 Å². The Balaban J connectivity index is 3.88. The van der Waals surface area contributed by atoms with E-state index >= 15 is 0 Å². The quantitative estimate of drug-likeness (QED) is 0.463. The van der Waals surface area contributed by atoms with Crippen molar-refractivity contribution in [1.29, 1.82) is 0 Å². The fourth-order valence-corrected chi connectivity index (χ4v) is 0.443. The minimum Gasteiger partial charge on any atom is -0.233 e. The Hall–Kier alpha value is 0.130. The molecule has 0 radical (unpaired) electrons. The highest BCUT2D eigenvalue weighted by Crippen LogP contribution is 2.28. The van der Waals surface area contributed by atoms with Crippen molar-refractivity contribution in [3.8, 4) is 0 Å². The second-order valence-corrected chi connectivity index (χ2v) is 2.15. The van der Waals surface area contributed by atoms with E-state index in [0.717, 1.165) is 0 Å². The first-order valence-electron chi connectivity index (χ1n) is 1.84. The van der Waals surface area contributed by atoms with Gasteiger partial charge in [0.1, 0.15) is 0 Å². The van der Waals surface area contributed by atoms with E-state index in [2.05, 4.69) is 0 Å². The summed E-state index contributed by atoms with van der Waals surface area (Å²) in [6.45, 7) is 0. The molecular formula is C3H2BrF5. The van der Waals surface area contributed by atoms with Gasteiger partial charge in [0.05, 0.1) is 0 Å². The largest absolute Gasteiger partial charge is 0.423 e. The summed E-state index contributed by atoms with van der Waals surface area (Å²) in [6.07, 6.45) is -8.54. The summed E-state index contributed by atoms with van der Waals surface area (Å²) in [6, 6.07) is 0. The molecule has 0 bridgehead atoms. The number of rotatable bonds is 1. The molecule has 0 aliphatic heterocycles. The Labute approximate surface area is 56.2 Å². The summed E-state index contributed by atoms with van der Waals surface area (Å²) in [5.41, 5.74) is 0. The maximum atomic E-state index is 11.5. The Kier molecular flexibility index (Phi) is 2.85. The summed E-state index contributed by atoms with van der Waals surface area (Å²) in [5.74, 6) is 0. The minimum atomic E-state index is -5.11. The SMILES string of the molecule is FC(Br)C(F)C(F)(F)F. The molecule has 56 valence electrons. The third-order valence-corrected chi connectivity index (χ3v) is 0.998. The summed E-state index contributed by atoms with van der Waals surface area (Å²) < 4.78 is 56.1. The maximum Gasteiger partial charge on any atom is 0.423 e. The van der Waals surface area contributed by atoms with Crippen LogP contribution in [-0.2, 0) is 0 Å². The average molecular weight is 213 g/mol. The number of hydrogen-bond acceptors (Lipinski definition) is 0. The molecule has 0 saturated carbocycles. The van der Waals surface area contributed by atoms with E-state index in [1.807, 2.05) is 15.9 Å². The third-order valence-electron chi connectivity index (χ3n) is 0.534. The predicted octanol–water partition coefficient (Wildman–Crippen LogP) is 2.58. The van der Waals surface area contributed by atoms with Crippen molar-refractivity contribution in [1.82, 2.24) is 0 Å². The van der Waals surface area contributed by atoms with E-state index in [4.69, 9.17) is 0 Å². The fourth-order valence-electron chi connectivity index (χ4n) is 0.143. The molecular weight excluding hydrogens is 211 g/mol. The fraction of sp³-hybridized carbons (Fsp3) is 1.00. The summed E-state index contributed by atoms with van der Waals surface area (Å²) >= 11 is 1.81. The lowest BCUT2D eigenvalue weighted by atomic mass is 10.4. The summed E-state index contributed by atoms with van der Waals surface area (Å²) in [7, 11) is 0. The van der Waals surface area contributed by atoms with Gasteiger partial charge in [-0.15, -0.1) is 0 Å². The van der Waals surface area contributed by atoms with E-state index in [1.54, 1.807) is 0 Å². The van der Waals surface area contributed by atoms with Gasteiger partial charge < -0.3 is 0 Å². The molecule has 0 aliphatic rings. The van der Waals surface area contributed by atoms with Crippen molar-refractivity contribution < 1.29 is 22.0 Å². The van der Waals surface area contributed by atoms with Crippen LogP contribution in [0.25, 0.3) is 0 Å². The molecule has 0 nitrogen and oxygen atoms in total. The first-order chi connectivity index (χ1) is 3.85. The van der Waals surface area contributed by atoms with Crippen LogP contribution in [0.3, 0.4) is 0 Å². The molecule has 0 spiro atoms. The number of halogens is 6. The van der Waals surface area contributed by atoms with Gasteiger partial charge in [-0.1, -0.05) is 0 Å². The monoisotopic (exact) mass is 212 g/mol. The number of hydrogen-bond donors (Lipinski definition) is 0. The highest BCUT2D eigenvalue weighted by molar-refractivity contribution is 9.09. The van der Waals surface area contributed by atoms with Crippen LogP contribution in [0.2, 0.25) is 0 Å². The molecule has 6 heteroatoms. The average Bonchev–Trinajstić information content (AvgIpc) is 1.62. The first kappa shape index (κ1) is 9.13. The second-order valence-electron chi connectivity index (χ2n) is 1.28. The molecule has 0 amide bonds. The molecule has 0 rings (SSSR count). The van der Waals surface area contributed by atoms with E-state index in [9.17, 15) is 22.0 Å². The van der Waals surface area contributed by atoms with E-state index in [-0.39, 0.29) is 0 Å². The van der Waals surface area contributed by atoms with Crippen molar-refractivity contribution in [2.24, 2.45) is 0 Å². The lowest BCUT2D eigenvalue weighted by molar-refractivity contribution is -0.186. The standard InChI is InChI=1S/C3H2BrF5/c4-2(6)1(5)3(7,8)9/h1-2H. The van der Waals surface area contributed by atoms with Gasteiger partial charge in [0.2, 0.25) is 6.17 Å². The highest BCUT2D eigenvalue weighted by Gasteiger charge is 2.44. The van der Waals surface area contributed by atoms with Crippen LogP contribution in [0.5, 0.6) is 0 Å². The Morgan fingerprint density at radius 1 is 1.11 bits per heavy atom. The van der Waals surface area contributed by atoms with Crippen LogP contribution in [0.1, 0.15) is 0 Å². The Morgan fingerprint density at radius 3 is 1.44 bits per heavy atom. The molecule has 0 aliphatic carbocycles. The molecule has 0 N–H and O–H groups in total. The molecule has 0 aromatic heterocycles. The molecule has 2 atom stereocenters. The smallest absolute Gasteiger partial charge is 0.233 e. The first-order valence-corrected chi connectivity index (χ1v) is 2.76. The van der Waals surface area contributed by atoms with Crippen LogP contribution in [0.15, 0.2) is 0 Å². The van der Waals surface area contributed by atoms with Gasteiger partial charge in [-0.3, -0.25) is 0 Å². The maximum absolute atomic E-state index is 11.5. The Bertz CT molecular complexity index is 86.7. The van der Waals surface area contributed by atoms with Crippen molar-refractivity contribution in [2.75, 3.05) is 0 Å². The van der Waals surface area contributed by atoms with Gasteiger partial charge in [0.25, 0.3) is 0 Å². The number of alkyl halides is 6. The van der Waals surface area contributed by atoms with Crippen molar-refractivity contribution in [2.45, 2.75) is 17.4 Å². The van der Waals surface area contributed by atoms with Gasteiger partial charge in [0, 0.05) is 0 Å². The van der Waals surface area contributed by atoms with Crippen LogP contribution in [-0.4, -0.2) is 17.4 Å². The lowest BCUT2D eigenvalue weighted by Crippen LogP contribution is -2.30. The molecule has 0 fully saturated rings. The molecule has 0 saturated heterocycles. The lowest BCUT2D eigenvalue weighted by Gasteiger charge is -2.10. The molecule has 2 unspecified atom stereocenters. The molecule has 0 heterocycles. The Morgan fingerprint density at radius 2 is 1.44 bits per heavy atom. The zero-order valence-corrected chi connectivity index (χ0v) is 5.51. The second kappa shape index (κ2) is 2.81. The van der Waals surface area contributed by atoms with E-state index in [1.165, 1.54) is 0 Å². The molecule has 0 aromatic carbocycles. The zero-order valence-electron chi connectivity index (χ0n) is 3.92. The van der Waals surface area contributed by atoms with E-state index in [0.29, 0.717) is 0 Å². The van der Waals surface area contributed by atoms with Crippen LogP contribution in [0, 0.1) is 0 Å². The van der Waals surface area contributed by atoms with Gasteiger partial charge >= 0.3 is 6.18 Å². The molecule has 9 heavy (non-hydrogen) atoms. The normalized spacial score (nSPS) is 19.3.